The minimum absolute atomic E-state index is 0.703. The zero-order chi connectivity index (χ0) is 16.7. The van der Waals surface area contributed by atoms with Gasteiger partial charge in [-0.1, -0.05) is 25.1 Å². The zero-order valence-electron chi connectivity index (χ0n) is 14.0. The van der Waals surface area contributed by atoms with E-state index in [1.54, 1.807) is 11.3 Å². The monoisotopic (exact) mass is 359 g/mol. The Morgan fingerprint density at radius 2 is 2.04 bits per heavy atom. The van der Waals surface area contributed by atoms with Crippen molar-refractivity contribution in [2.75, 3.05) is 11.7 Å². The Balaban J connectivity index is 2.04. The van der Waals surface area contributed by atoms with Crippen LogP contribution in [0.1, 0.15) is 43.0 Å². The number of thiophene rings is 1. The van der Waals surface area contributed by atoms with E-state index in [-0.39, 0.29) is 0 Å². The summed E-state index contributed by atoms with van der Waals surface area (Å²) in [5, 5.41) is 1.98. The molecule has 0 spiro atoms. The summed E-state index contributed by atoms with van der Waals surface area (Å²) in [7, 11) is 0. The molecule has 0 atom stereocenters. The van der Waals surface area contributed by atoms with Gasteiger partial charge in [-0.05, 0) is 49.5 Å². The number of fused-ring (bicyclic) bond motifs is 5. The average molecular weight is 360 g/mol. The zero-order valence-corrected chi connectivity index (χ0v) is 15.6. The highest BCUT2D eigenvalue weighted by molar-refractivity contribution is 7.98. The molecule has 5 nitrogen and oxygen atoms in total. The summed E-state index contributed by atoms with van der Waals surface area (Å²) in [4.78, 5) is 15.4. The molecule has 0 amide bonds. The number of hydrogen-bond donors (Lipinski definition) is 2. The van der Waals surface area contributed by atoms with Gasteiger partial charge in [-0.3, -0.25) is 0 Å². The SMILES string of the molecule is CCCCc1nc2sc3c(NN)nc(SC)nc3c2c2c1CCC2. The van der Waals surface area contributed by atoms with Gasteiger partial charge in [-0.15, -0.1) is 11.3 Å². The van der Waals surface area contributed by atoms with E-state index in [1.165, 1.54) is 53.2 Å². The molecule has 0 unspecified atom stereocenters. The number of nitrogens with two attached hydrogens (primary N) is 1. The van der Waals surface area contributed by atoms with Crippen molar-refractivity contribution in [1.29, 1.82) is 0 Å². The molecular weight excluding hydrogens is 338 g/mol. The minimum Gasteiger partial charge on any atom is -0.307 e. The standard InChI is InChI=1S/C17H21N5S2/c1-3-4-8-11-9-6-5-7-10(9)12-13-14(24-16(12)19-11)15(22-18)21-17(20-13)23-2/h3-8,18H2,1-2H3,(H,20,21,22). The summed E-state index contributed by atoms with van der Waals surface area (Å²) >= 11 is 3.20. The van der Waals surface area contributed by atoms with Crippen LogP contribution in [0.4, 0.5) is 5.82 Å². The number of aryl methyl sites for hydroxylation is 2. The highest BCUT2D eigenvalue weighted by Crippen LogP contribution is 2.42. The smallest absolute Gasteiger partial charge is 0.189 e. The fourth-order valence-electron chi connectivity index (χ4n) is 3.56. The first-order valence-electron chi connectivity index (χ1n) is 8.42. The van der Waals surface area contributed by atoms with Crippen LogP contribution in [-0.4, -0.2) is 21.2 Å². The molecule has 0 radical (unpaired) electrons. The van der Waals surface area contributed by atoms with Gasteiger partial charge in [0.05, 0.1) is 10.2 Å². The molecule has 3 N–H and O–H groups in total. The van der Waals surface area contributed by atoms with Gasteiger partial charge in [-0.25, -0.2) is 20.8 Å². The first-order valence-corrected chi connectivity index (χ1v) is 10.5. The first kappa shape index (κ1) is 16.1. The second kappa shape index (κ2) is 6.46. The molecule has 3 aromatic heterocycles. The molecule has 3 heterocycles. The summed E-state index contributed by atoms with van der Waals surface area (Å²) in [6.07, 6.45) is 8.95. The molecule has 0 aliphatic heterocycles. The van der Waals surface area contributed by atoms with Crippen LogP contribution in [0.3, 0.4) is 0 Å². The fraction of sp³-hybridized carbons (Fsp3) is 0.471. The Morgan fingerprint density at radius 1 is 1.21 bits per heavy atom. The number of anilines is 1. The molecule has 24 heavy (non-hydrogen) atoms. The van der Waals surface area contributed by atoms with Gasteiger partial charge in [0.15, 0.2) is 11.0 Å². The number of nitrogens with zero attached hydrogens (tertiary/aromatic N) is 3. The highest BCUT2D eigenvalue weighted by Gasteiger charge is 2.24. The maximum absolute atomic E-state index is 5.71. The summed E-state index contributed by atoms with van der Waals surface area (Å²) in [6, 6.07) is 0. The summed E-state index contributed by atoms with van der Waals surface area (Å²) < 4.78 is 1.01. The number of pyridine rings is 1. The van der Waals surface area contributed by atoms with Crippen LogP contribution in [0.25, 0.3) is 20.4 Å². The molecule has 1 aliphatic rings. The number of hydrogen-bond acceptors (Lipinski definition) is 7. The van der Waals surface area contributed by atoms with Gasteiger partial charge in [0.25, 0.3) is 0 Å². The van der Waals surface area contributed by atoms with Crippen molar-refractivity contribution in [3.05, 3.63) is 16.8 Å². The molecule has 0 aromatic carbocycles. The second-order valence-corrected chi connectivity index (χ2v) is 7.91. The molecule has 0 saturated carbocycles. The molecular formula is C17H21N5S2. The number of nitrogens with one attached hydrogen (secondary N) is 1. The minimum atomic E-state index is 0.703. The quantitative estimate of drug-likeness (QED) is 0.309. The van der Waals surface area contributed by atoms with E-state index in [4.69, 9.17) is 15.8 Å². The molecule has 4 rings (SSSR count). The van der Waals surface area contributed by atoms with Crippen LogP contribution < -0.4 is 11.3 Å². The van der Waals surface area contributed by atoms with E-state index in [0.717, 1.165) is 39.5 Å². The normalized spacial score (nSPS) is 13.8. The number of rotatable bonds is 5. The van der Waals surface area contributed by atoms with Gasteiger partial charge in [0, 0.05) is 11.1 Å². The van der Waals surface area contributed by atoms with Crippen molar-refractivity contribution in [3.8, 4) is 0 Å². The maximum atomic E-state index is 5.71. The van der Waals surface area contributed by atoms with Gasteiger partial charge in [-0.2, -0.15) is 0 Å². The van der Waals surface area contributed by atoms with Crippen LogP contribution in [0.5, 0.6) is 0 Å². The van der Waals surface area contributed by atoms with Crippen molar-refractivity contribution < 1.29 is 0 Å². The molecule has 7 heteroatoms. The average Bonchev–Trinajstić information content (AvgIpc) is 3.22. The lowest BCUT2D eigenvalue weighted by Crippen LogP contribution is -2.09. The molecule has 1 aliphatic carbocycles. The summed E-state index contributed by atoms with van der Waals surface area (Å²) in [5.74, 6) is 6.41. The Bertz CT molecular complexity index is 919. The van der Waals surface area contributed by atoms with Crippen molar-refractivity contribution in [3.63, 3.8) is 0 Å². The van der Waals surface area contributed by atoms with E-state index < -0.39 is 0 Å². The van der Waals surface area contributed by atoms with Gasteiger partial charge in [0.1, 0.15) is 4.83 Å². The number of nitrogen functional groups attached to an aromatic ring is 1. The third-order valence-corrected chi connectivity index (χ3v) is 6.31. The molecule has 3 aromatic rings. The number of unbranched alkanes of at least 4 members (excludes halogenated alkanes) is 1. The Labute approximate surface area is 149 Å². The van der Waals surface area contributed by atoms with Crippen molar-refractivity contribution in [2.45, 2.75) is 50.6 Å². The van der Waals surface area contributed by atoms with Gasteiger partial charge < -0.3 is 5.43 Å². The Hall–Kier alpha value is -1.44. The van der Waals surface area contributed by atoms with Crippen LogP contribution in [0.2, 0.25) is 0 Å². The van der Waals surface area contributed by atoms with Crippen LogP contribution in [0, 0.1) is 0 Å². The topological polar surface area (TPSA) is 76.7 Å². The van der Waals surface area contributed by atoms with E-state index in [9.17, 15) is 0 Å². The summed E-state index contributed by atoms with van der Waals surface area (Å²) in [6.45, 7) is 2.23. The van der Waals surface area contributed by atoms with Crippen molar-refractivity contribution in [1.82, 2.24) is 15.0 Å². The first-order chi connectivity index (χ1) is 11.8. The molecule has 0 fully saturated rings. The van der Waals surface area contributed by atoms with E-state index in [0.29, 0.717) is 5.82 Å². The van der Waals surface area contributed by atoms with Crippen LogP contribution in [-0.2, 0) is 19.3 Å². The summed E-state index contributed by atoms with van der Waals surface area (Å²) in [5.41, 5.74) is 7.98. The van der Waals surface area contributed by atoms with Gasteiger partial charge >= 0.3 is 0 Å². The largest absolute Gasteiger partial charge is 0.307 e. The van der Waals surface area contributed by atoms with Crippen LogP contribution in [0.15, 0.2) is 5.16 Å². The third kappa shape index (κ3) is 2.46. The van der Waals surface area contributed by atoms with Gasteiger partial charge in [0.2, 0.25) is 0 Å². The van der Waals surface area contributed by atoms with Crippen molar-refractivity contribution in [2.24, 2.45) is 5.84 Å². The lowest BCUT2D eigenvalue weighted by molar-refractivity contribution is 0.770. The predicted octanol–water partition coefficient (Wildman–Crippen LogP) is 4.08. The fourth-order valence-corrected chi connectivity index (χ4v) is 5.05. The highest BCUT2D eigenvalue weighted by atomic mass is 32.2. The Morgan fingerprint density at radius 3 is 2.79 bits per heavy atom. The second-order valence-electron chi connectivity index (χ2n) is 6.14. The molecule has 126 valence electrons. The van der Waals surface area contributed by atoms with Crippen molar-refractivity contribution >= 4 is 49.3 Å². The number of thioether (sulfide) groups is 1. The predicted molar refractivity (Wildman–Crippen MR) is 103 cm³/mol. The molecule has 0 saturated heterocycles. The number of hydrazine groups is 1. The van der Waals surface area contributed by atoms with E-state index >= 15 is 0 Å². The Kier molecular flexibility index (Phi) is 4.32. The maximum Gasteiger partial charge on any atom is 0.189 e. The van der Waals surface area contributed by atoms with E-state index in [2.05, 4.69) is 17.3 Å². The third-order valence-electron chi connectivity index (χ3n) is 4.69. The lowest BCUT2D eigenvalue weighted by atomic mass is 10.0. The van der Waals surface area contributed by atoms with E-state index in [1.807, 2.05) is 6.26 Å². The number of aromatic nitrogens is 3. The lowest BCUT2D eigenvalue weighted by Gasteiger charge is -2.09. The molecule has 0 bridgehead atoms. The van der Waals surface area contributed by atoms with Crippen LogP contribution >= 0.6 is 23.1 Å².